The second-order valence-electron chi connectivity index (χ2n) is 7.75. The van der Waals surface area contributed by atoms with Gasteiger partial charge in [0.25, 0.3) is 0 Å². The van der Waals surface area contributed by atoms with Gasteiger partial charge in [-0.15, -0.1) is 5.46 Å². The second-order valence-corrected chi connectivity index (χ2v) is 7.75. The molecule has 0 saturated heterocycles. The Morgan fingerprint density at radius 1 is 0.970 bits per heavy atom. The predicted molar refractivity (Wildman–Crippen MR) is 120 cm³/mol. The molecule has 0 fully saturated rings. The Labute approximate surface area is 188 Å². The fraction of sp³-hybridized carbons (Fsp3) is 0.167. The van der Waals surface area contributed by atoms with Crippen molar-refractivity contribution in [1.29, 1.82) is 0 Å². The molecule has 1 N–H and O–H groups in total. The first-order valence-corrected chi connectivity index (χ1v) is 10.3. The molecule has 170 valence electrons. The zero-order valence-electron chi connectivity index (χ0n) is 17.9. The number of anilines is 1. The third kappa shape index (κ3) is 4.31. The number of benzene rings is 3. The van der Waals surface area contributed by atoms with E-state index in [4.69, 9.17) is 4.74 Å². The van der Waals surface area contributed by atoms with Gasteiger partial charge in [0, 0.05) is 11.6 Å². The van der Waals surface area contributed by atoms with Crippen molar-refractivity contribution in [3.05, 3.63) is 82.9 Å². The predicted octanol–water partition coefficient (Wildman–Crippen LogP) is 5.20. The fourth-order valence-corrected chi connectivity index (χ4v) is 4.19. The minimum absolute atomic E-state index is 0.00562. The second kappa shape index (κ2) is 8.65. The molecule has 1 amide bonds. The number of nitrogens with one attached hydrogen (secondary N) is 1. The molecule has 0 radical (unpaired) electrons. The van der Waals surface area contributed by atoms with Crippen LogP contribution in [0.5, 0.6) is 0 Å². The highest BCUT2D eigenvalue weighted by atomic mass is 19.4. The summed E-state index contributed by atoms with van der Waals surface area (Å²) in [7, 11) is 1.07. The van der Waals surface area contributed by atoms with Gasteiger partial charge in [0.15, 0.2) is 0 Å². The van der Waals surface area contributed by atoms with Gasteiger partial charge in [-0.2, -0.15) is 0 Å². The lowest BCUT2D eigenvalue weighted by atomic mass is 9.75. The van der Waals surface area contributed by atoms with Crippen LogP contribution < -0.4 is 10.8 Å². The van der Waals surface area contributed by atoms with Gasteiger partial charge in [-0.25, -0.2) is 9.59 Å². The third-order valence-corrected chi connectivity index (χ3v) is 5.80. The first-order chi connectivity index (χ1) is 15.7. The minimum atomic E-state index is -5.42. The average molecular weight is 454 g/mol. The van der Waals surface area contributed by atoms with Crippen LogP contribution in [0.15, 0.2) is 60.7 Å². The van der Waals surface area contributed by atoms with Gasteiger partial charge in [-0.1, -0.05) is 60.2 Å². The van der Waals surface area contributed by atoms with Crippen LogP contribution >= 0.6 is 0 Å². The molecule has 33 heavy (non-hydrogen) atoms. The summed E-state index contributed by atoms with van der Waals surface area (Å²) in [5, 5.41) is 2.36. The van der Waals surface area contributed by atoms with E-state index in [1.54, 1.807) is 0 Å². The Bertz CT molecular complexity index is 1200. The van der Waals surface area contributed by atoms with Gasteiger partial charge in [-0.3, -0.25) is 5.32 Å². The van der Waals surface area contributed by atoms with Crippen LogP contribution in [-0.4, -0.2) is 32.8 Å². The zero-order chi connectivity index (χ0) is 23.8. The molecule has 0 aliphatic heterocycles. The van der Waals surface area contributed by atoms with E-state index in [9.17, 15) is 22.5 Å². The highest BCUT2D eigenvalue weighted by Gasteiger charge is 2.31. The van der Waals surface area contributed by atoms with Crippen molar-refractivity contribution < 1.29 is 32.0 Å². The van der Waals surface area contributed by atoms with Crippen molar-refractivity contribution in [2.45, 2.75) is 12.8 Å². The zero-order valence-corrected chi connectivity index (χ0v) is 17.9. The topological polar surface area (TPSA) is 64.6 Å². The quantitative estimate of drug-likeness (QED) is 0.426. The van der Waals surface area contributed by atoms with Gasteiger partial charge in [0.05, 0.1) is 12.7 Å². The first-order valence-electron chi connectivity index (χ1n) is 10.3. The van der Waals surface area contributed by atoms with E-state index in [-0.39, 0.29) is 29.3 Å². The van der Waals surface area contributed by atoms with E-state index in [0.717, 1.165) is 41.5 Å². The summed E-state index contributed by atoms with van der Waals surface area (Å²) in [5.74, 6) is -1.13. The molecule has 1 aliphatic carbocycles. The number of methoxy groups -OCH3 is 1. The van der Waals surface area contributed by atoms with Crippen molar-refractivity contribution in [2.75, 3.05) is 19.0 Å². The van der Waals surface area contributed by atoms with E-state index in [0.29, 0.717) is 0 Å². The molecule has 3 aromatic carbocycles. The summed E-state index contributed by atoms with van der Waals surface area (Å²) < 4.78 is 50.5. The lowest BCUT2D eigenvalue weighted by Gasteiger charge is -2.22. The molecular formula is C24H20BF3NO4-. The summed E-state index contributed by atoms with van der Waals surface area (Å²) in [6.07, 6.45) is -0.914. The van der Waals surface area contributed by atoms with E-state index in [2.05, 4.69) is 10.1 Å². The third-order valence-electron chi connectivity index (χ3n) is 5.80. The number of carbonyl (C=O) groups excluding carboxylic acids is 2. The average Bonchev–Trinajstić information content (AvgIpc) is 3.11. The van der Waals surface area contributed by atoms with E-state index in [1.807, 2.05) is 48.5 Å². The largest absolute Gasteiger partial charge is 0.509 e. The van der Waals surface area contributed by atoms with Gasteiger partial charge >= 0.3 is 19.0 Å². The Kier molecular flexibility index (Phi) is 5.89. The molecule has 3 aromatic rings. The molecule has 0 bridgehead atoms. The molecule has 0 atom stereocenters. The monoisotopic (exact) mass is 454 g/mol. The number of hydrogen-bond acceptors (Lipinski definition) is 4. The molecule has 0 heterocycles. The van der Waals surface area contributed by atoms with Crippen LogP contribution in [-0.2, 0) is 9.47 Å². The number of ether oxygens (including phenoxy) is 2. The highest BCUT2D eigenvalue weighted by molar-refractivity contribution is 6.74. The van der Waals surface area contributed by atoms with E-state index >= 15 is 0 Å². The molecule has 0 unspecified atom stereocenters. The van der Waals surface area contributed by atoms with Crippen LogP contribution in [0, 0.1) is 6.92 Å². The lowest BCUT2D eigenvalue weighted by molar-refractivity contribution is 0.0600. The van der Waals surface area contributed by atoms with Crippen LogP contribution in [0.25, 0.3) is 11.1 Å². The maximum atomic E-state index is 13.5. The van der Waals surface area contributed by atoms with Crippen molar-refractivity contribution >= 4 is 30.2 Å². The van der Waals surface area contributed by atoms with Gasteiger partial charge in [0.2, 0.25) is 0 Å². The van der Waals surface area contributed by atoms with Crippen molar-refractivity contribution in [1.82, 2.24) is 0 Å². The summed E-state index contributed by atoms with van der Waals surface area (Å²) in [6, 6.07) is 17.5. The van der Waals surface area contributed by atoms with Crippen molar-refractivity contribution in [2.24, 2.45) is 0 Å². The van der Waals surface area contributed by atoms with Crippen LogP contribution in [0.3, 0.4) is 0 Å². The Morgan fingerprint density at radius 3 is 2.09 bits per heavy atom. The maximum Gasteiger partial charge on any atom is 0.509 e. The normalized spacial score (nSPS) is 12.6. The summed E-state index contributed by atoms with van der Waals surface area (Å²) in [6.45, 7) is -4.18. The van der Waals surface area contributed by atoms with E-state index < -0.39 is 24.5 Å². The number of esters is 1. The van der Waals surface area contributed by atoms with Crippen molar-refractivity contribution in [3.63, 3.8) is 0 Å². The first kappa shape index (κ1) is 22.4. The molecule has 5 nitrogen and oxygen atoms in total. The van der Waals surface area contributed by atoms with Gasteiger partial charge in [0.1, 0.15) is 6.61 Å². The number of rotatable bonds is 5. The fourth-order valence-electron chi connectivity index (χ4n) is 4.19. The maximum absolute atomic E-state index is 13.5. The summed E-state index contributed by atoms with van der Waals surface area (Å²) in [4.78, 5) is 24.4. The number of fused-ring (bicyclic) bond motifs is 3. The number of halogens is 3. The highest BCUT2D eigenvalue weighted by Crippen LogP contribution is 2.44. The molecule has 9 heteroatoms. The summed E-state index contributed by atoms with van der Waals surface area (Å²) >= 11 is 0. The molecule has 4 rings (SSSR count). The SMILES string of the molecule is COC(=O)c1cc(NC(=O)OCC2c3ccccc3-c3ccccc32)c(C)c([B-](F)(F)F)c1. The molecule has 0 aromatic heterocycles. The van der Waals surface area contributed by atoms with Crippen LogP contribution in [0.4, 0.5) is 23.4 Å². The Balaban J connectivity index is 1.56. The van der Waals surface area contributed by atoms with Crippen molar-refractivity contribution in [3.8, 4) is 11.1 Å². The summed E-state index contributed by atoms with van der Waals surface area (Å²) in [5.41, 5.74) is 2.47. The van der Waals surface area contributed by atoms with Crippen LogP contribution in [0.2, 0.25) is 0 Å². The van der Waals surface area contributed by atoms with Gasteiger partial charge < -0.3 is 22.4 Å². The number of amides is 1. The molecular weight excluding hydrogens is 434 g/mol. The lowest BCUT2D eigenvalue weighted by Crippen LogP contribution is -2.37. The number of hydrogen-bond donors (Lipinski definition) is 1. The van der Waals surface area contributed by atoms with E-state index in [1.165, 1.54) is 6.92 Å². The van der Waals surface area contributed by atoms with Crippen LogP contribution in [0.1, 0.15) is 33.0 Å². The molecule has 1 aliphatic rings. The smallest absolute Gasteiger partial charge is 0.465 e. The standard InChI is InChI=1S/C24H20BF3NO4/c1-14-21(25(26,27)28)11-15(23(30)32-2)12-22(14)29-24(31)33-13-20-18-9-5-3-7-16(18)17-8-4-6-10-19(17)20/h3-12,20H,13H2,1-2H3,(H,29,31)/q-1. The molecule has 0 saturated carbocycles. The number of carbonyl (C=O) groups is 2. The van der Waals surface area contributed by atoms with Gasteiger partial charge in [-0.05, 0) is 35.2 Å². The Morgan fingerprint density at radius 2 is 1.55 bits per heavy atom. The molecule has 0 spiro atoms. The Hall–Kier alpha value is -3.75. The minimum Gasteiger partial charge on any atom is -0.465 e.